The molecule has 0 bridgehead atoms. The molecule has 0 aliphatic rings. The molecular formula is C19H19F3N6. The molecule has 3 rings (SSSR count). The molecule has 2 aromatic heterocycles. The number of aryl methyl sites for hydroxylation is 1. The van der Waals surface area contributed by atoms with Crippen LogP contribution in [0.15, 0.2) is 47.8 Å². The Balaban J connectivity index is 1.93. The highest BCUT2D eigenvalue weighted by Crippen LogP contribution is 2.35. The highest BCUT2D eigenvalue weighted by Gasteiger charge is 2.32. The summed E-state index contributed by atoms with van der Waals surface area (Å²) >= 11 is 0. The summed E-state index contributed by atoms with van der Waals surface area (Å²) in [6, 6.07) is 8.10. The van der Waals surface area contributed by atoms with Crippen LogP contribution in [0.25, 0.3) is 11.1 Å². The number of benzene rings is 1. The highest BCUT2D eigenvalue weighted by molar-refractivity contribution is 5.83. The van der Waals surface area contributed by atoms with Gasteiger partial charge in [-0.2, -0.15) is 18.3 Å². The smallest absolute Gasteiger partial charge is 0.368 e. The summed E-state index contributed by atoms with van der Waals surface area (Å²) in [5.74, 6) is 0.729. The first kappa shape index (κ1) is 19.4. The number of aromatic nitrogens is 3. The largest absolute Gasteiger partial charge is 0.417 e. The predicted octanol–water partition coefficient (Wildman–Crippen LogP) is 3.80. The van der Waals surface area contributed by atoms with Crippen molar-refractivity contribution in [3.63, 3.8) is 0 Å². The maximum atomic E-state index is 13.1. The molecule has 6 nitrogen and oxygen atoms in total. The average molecular weight is 388 g/mol. The van der Waals surface area contributed by atoms with Crippen LogP contribution in [0.1, 0.15) is 16.8 Å². The van der Waals surface area contributed by atoms with Gasteiger partial charge < -0.3 is 10.6 Å². The zero-order valence-electron chi connectivity index (χ0n) is 15.6. The minimum Gasteiger partial charge on any atom is -0.368 e. The van der Waals surface area contributed by atoms with Crippen molar-refractivity contribution in [1.82, 2.24) is 14.6 Å². The Hall–Kier alpha value is -3.36. The lowest BCUT2D eigenvalue weighted by Gasteiger charge is -2.18. The summed E-state index contributed by atoms with van der Waals surface area (Å²) in [6.45, 7) is 1.81. The number of rotatable bonds is 4. The van der Waals surface area contributed by atoms with Gasteiger partial charge in [0.15, 0.2) is 0 Å². The number of alkyl halides is 3. The highest BCUT2D eigenvalue weighted by atomic mass is 19.4. The SMILES string of the molecule is Cc1cn(N=Cc2ccc(-c3cc(C(F)(F)F)cnc3N(C)C)cc2)c(N)n1. The minimum absolute atomic E-state index is 0.274. The number of nitrogens with two attached hydrogens (primary N) is 1. The van der Waals surface area contributed by atoms with Crippen LogP contribution in [0, 0.1) is 6.92 Å². The van der Waals surface area contributed by atoms with E-state index in [9.17, 15) is 13.2 Å². The second-order valence-corrected chi connectivity index (χ2v) is 6.44. The second kappa shape index (κ2) is 7.34. The molecule has 28 heavy (non-hydrogen) atoms. The summed E-state index contributed by atoms with van der Waals surface area (Å²) < 4.78 is 40.7. The van der Waals surface area contributed by atoms with Crippen LogP contribution in [-0.4, -0.2) is 35.0 Å². The quantitative estimate of drug-likeness (QED) is 0.690. The third kappa shape index (κ3) is 4.13. The molecule has 1 aromatic carbocycles. The molecule has 0 spiro atoms. The molecule has 0 atom stereocenters. The Morgan fingerprint density at radius 1 is 1.18 bits per heavy atom. The zero-order chi connectivity index (χ0) is 20.5. The van der Waals surface area contributed by atoms with Crippen molar-refractivity contribution >= 4 is 18.0 Å². The van der Waals surface area contributed by atoms with Gasteiger partial charge in [-0.1, -0.05) is 24.3 Å². The van der Waals surface area contributed by atoms with Gasteiger partial charge in [-0.05, 0) is 24.1 Å². The summed E-state index contributed by atoms with van der Waals surface area (Å²) in [5.41, 5.74) is 7.48. The lowest BCUT2D eigenvalue weighted by Crippen LogP contribution is -2.14. The molecule has 0 saturated heterocycles. The Bertz CT molecular complexity index is 1000. The number of anilines is 2. The van der Waals surface area contributed by atoms with Crippen molar-refractivity contribution in [2.45, 2.75) is 13.1 Å². The number of nitrogens with zero attached hydrogens (tertiary/aromatic N) is 5. The lowest BCUT2D eigenvalue weighted by molar-refractivity contribution is -0.137. The molecule has 0 aliphatic carbocycles. The number of hydrogen-bond donors (Lipinski definition) is 1. The first-order valence-electron chi connectivity index (χ1n) is 8.36. The van der Waals surface area contributed by atoms with Crippen LogP contribution < -0.4 is 10.6 Å². The standard InChI is InChI=1S/C19H19F3N6/c1-12-11-28(18(23)26-12)25-9-13-4-6-14(7-5-13)16-8-15(19(20,21)22)10-24-17(16)27(2)3/h4-11H,1-3H3,(H2,23,26). The second-order valence-electron chi connectivity index (χ2n) is 6.44. The van der Waals surface area contributed by atoms with Crippen LogP contribution in [0.5, 0.6) is 0 Å². The van der Waals surface area contributed by atoms with Crippen LogP contribution in [0.2, 0.25) is 0 Å². The van der Waals surface area contributed by atoms with Crippen molar-refractivity contribution < 1.29 is 13.2 Å². The van der Waals surface area contributed by atoms with E-state index in [2.05, 4.69) is 15.1 Å². The molecule has 146 valence electrons. The molecule has 2 N–H and O–H groups in total. The number of hydrogen-bond acceptors (Lipinski definition) is 5. The van der Waals surface area contributed by atoms with E-state index in [1.807, 2.05) is 6.92 Å². The third-order valence-corrected chi connectivity index (χ3v) is 4.01. The summed E-state index contributed by atoms with van der Waals surface area (Å²) in [5, 5.41) is 4.23. The van der Waals surface area contributed by atoms with E-state index < -0.39 is 11.7 Å². The molecule has 0 unspecified atom stereocenters. The molecule has 0 amide bonds. The van der Waals surface area contributed by atoms with E-state index >= 15 is 0 Å². The topological polar surface area (TPSA) is 72.3 Å². The Kier molecular flexibility index (Phi) is 5.08. The van der Waals surface area contributed by atoms with Crippen LogP contribution >= 0.6 is 0 Å². The van der Waals surface area contributed by atoms with Gasteiger partial charge in [0.25, 0.3) is 0 Å². The van der Waals surface area contributed by atoms with Gasteiger partial charge in [-0.15, -0.1) is 0 Å². The van der Waals surface area contributed by atoms with E-state index in [4.69, 9.17) is 5.73 Å². The van der Waals surface area contributed by atoms with Gasteiger partial charge in [-0.3, -0.25) is 0 Å². The molecule has 0 radical (unpaired) electrons. The molecule has 0 fully saturated rings. The summed E-state index contributed by atoms with van der Waals surface area (Å²) in [6.07, 6.45) is -0.324. The van der Waals surface area contributed by atoms with E-state index in [0.717, 1.165) is 23.5 Å². The molecule has 3 aromatic rings. The van der Waals surface area contributed by atoms with Crippen molar-refractivity contribution in [2.24, 2.45) is 5.10 Å². The Morgan fingerprint density at radius 3 is 2.39 bits per heavy atom. The zero-order valence-corrected chi connectivity index (χ0v) is 15.6. The van der Waals surface area contributed by atoms with Crippen molar-refractivity contribution in [3.05, 3.63) is 59.5 Å². The minimum atomic E-state index is -4.46. The van der Waals surface area contributed by atoms with Crippen LogP contribution in [-0.2, 0) is 6.18 Å². The average Bonchev–Trinajstić information content (AvgIpc) is 2.96. The lowest BCUT2D eigenvalue weighted by atomic mass is 10.0. The van der Waals surface area contributed by atoms with Crippen molar-refractivity contribution in [2.75, 3.05) is 24.7 Å². The Labute approximate surface area is 160 Å². The van der Waals surface area contributed by atoms with Crippen molar-refractivity contribution in [3.8, 4) is 11.1 Å². The van der Waals surface area contributed by atoms with Gasteiger partial charge in [0.05, 0.1) is 23.7 Å². The fraction of sp³-hybridized carbons (Fsp3) is 0.211. The van der Waals surface area contributed by atoms with Gasteiger partial charge in [0.2, 0.25) is 5.95 Å². The molecule has 0 aliphatic heterocycles. The maximum absolute atomic E-state index is 13.1. The van der Waals surface area contributed by atoms with Gasteiger partial charge in [-0.25, -0.2) is 14.6 Å². The van der Waals surface area contributed by atoms with E-state index in [1.165, 1.54) is 4.68 Å². The van der Waals surface area contributed by atoms with E-state index in [1.54, 1.807) is 55.7 Å². The van der Waals surface area contributed by atoms with Gasteiger partial charge in [0, 0.05) is 25.9 Å². The third-order valence-electron chi connectivity index (χ3n) is 4.01. The van der Waals surface area contributed by atoms with Gasteiger partial charge >= 0.3 is 6.18 Å². The molecule has 2 heterocycles. The predicted molar refractivity (Wildman–Crippen MR) is 103 cm³/mol. The molecule has 0 saturated carbocycles. The monoisotopic (exact) mass is 388 g/mol. The first-order valence-corrected chi connectivity index (χ1v) is 8.36. The summed E-state index contributed by atoms with van der Waals surface area (Å²) in [7, 11) is 3.47. The number of imidazole rings is 1. The molecular weight excluding hydrogens is 369 g/mol. The fourth-order valence-electron chi connectivity index (χ4n) is 2.66. The van der Waals surface area contributed by atoms with Crippen LogP contribution in [0.3, 0.4) is 0 Å². The fourth-order valence-corrected chi connectivity index (χ4v) is 2.66. The number of nitrogen functional groups attached to an aromatic ring is 1. The molecule has 9 heteroatoms. The Morgan fingerprint density at radius 2 is 1.86 bits per heavy atom. The van der Waals surface area contributed by atoms with Crippen molar-refractivity contribution in [1.29, 1.82) is 0 Å². The summed E-state index contributed by atoms with van der Waals surface area (Å²) in [4.78, 5) is 9.72. The normalized spacial score (nSPS) is 11.9. The van der Waals surface area contributed by atoms with Gasteiger partial charge in [0.1, 0.15) is 5.82 Å². The van der Waals surface area contributed by atoms with E-state index in [0.29, 0.717) is 16.9 Å². The first-order chi connectivity index (χ1) is 13.1. The maximum Gasteiger partial charge on any atom is 0.417 e. The van der Waals surface area contributed by atoms with Crippen LogP contribution in [0.4, 0.5) is 24.9 Å². The number of pyridine rings is 1. The van der Waals surface area contributed by atoms with E-state index in [-0.39, 0.29) is 5.95 Å². The number of halogens is 3.